The minimum atomic E-state index is -4.60. The van der Waals surface area contributed by atoms with E-state index in [0.29, 0.717) is 22.3 Å². The molecule has 0 amide bonds. The summed E-state index contributed by atoms with van der Waals surface area (Å²) >= 11 is 10.1. The fourth-order valence-electron chi connectivity index (χ4n) is 3.25. The summed E-state index contributed by atoms with van der Waals surface area (Å²) in [6.45, 7) is 6.62. The van der Waals surface area contributed by atoms with Gasteiger partial charge in [0.1, 0.15) is 4.75 Å². The lowest BCUT2D eigenvalue weighted by atomic mass is 9.86. The van der Waals surface area contributed by atoms with Gasteiger partial charge in [-0.3, -0.25) is 4.79 Å². The van der Waals surface area contributed by atoms with Gasteiger partial charge in [0.2, 0.25) is 0 Å². The smallest absolute Gasteiger partial charge is 0.295 e. The van der Waals surface area contributed by atoms with Crippen molar-refractivity contribution in [3.63, 3.8) is 0 Å². The van der Waals surface area contributed by atoms with E-state index in [4.69, 9.17) is 11.6 Å². The van der Waals surface area contributed by atoms with Crippen LogP contribution in [-0.4, -0.2) is 12.0 Å². The Hall–Kier alpha value is -1.72. The van der Waals surface area contributed by atoms with Crippen molar-refractivity contribution in [1.82, 2.24) is 0 Å². The lowest BCUT2D eigenvalue weighted by molar-refractivity contribution is -0.160. The number of allylic oxidation sites excluding steroid dienone is 2. The number of aryl methyl sites for hydroxylation is 2. The van der Waals surface area contributed by atoms with Crippen LogP contribution in [0.2, 0.25) is 5.02 Å². The van der Waals surface area contributed by atoms with Crippen molar-refractivity contribution >= 4 is 35.6 Å². The average molecular weight is 427 g/mol. The van der Waals surface area contributed by atoms with Gasteiger partial charge in [0.25, 0.3) is 0 Å². The van der Waals surface area contributed by atoms with E-state index in [9.17, 15) is 18.0 Å². The molecule has 0 heterocycles. The molecule has 2 aromatic carbocycles. The van der Waals surface area contributed by atoms with Crippen molar-refractivity contribution in [2.24, 2.45) is 0 Å². The van der Waals surface area contributed by atoms with Gasteiger partial charge in [0.15, 0.2) is 5.78 Å². The zero-order chi connectivity index (χ0) is 21.3. The fourth-order valence-corrected chi connectivity index (χ4v) is 3.83. The highest BCUT2D eigenvalue weighted by molar-refractivity contribution is 7.81. The number of rotatable bonds is 5. The number of Topliss-reactive ketones (excluding diaryl/α,β-unsaturated/α-hetero) is 1. The third kappa shape index (κ3) is 4.64. The van der Waals surface area contributed by atoms with E-state index >= 15 is 0 Å². The maximum absolute atomic E-state index is 14.1. The van der Waals surface area contributed by atoms with Gasteiger partial charge < -0.3 is 0 Å². The Bertz CT molecular complexity index is 914. The summed E-state index contributed by atoms with van der Waals surface area (Å²) in [6, 6.07) is 9.44. The fraction of sp³-hybridized carbons (Fsp3) is 0.318. The minimum Gasteiger partial charge on any atom is -0.295 e. The molecule has 6 heteroatoms. The summed E-state index contributed by atoms with van der Waals surface area (Å²) in [5.41, 5.74) is 3.03. The molecule has 150 valence electrons. The molecule has 0 aromatic heterocycles. The number of carbonyl (C=O) groups excluding carboxylic acids is 1. The highest BCUT2D eigenvalue weighted by atomic mass is 35.5. The van der Waals surface area contributed by atoms with Gasteiger partial charge in [-0.15, -0.1) is 0 Å². The van der Waals surface area contributed by atoms with Crippen LogP contribution < -0.4 is 0 Å². The van der Waals surface area contributed by atoms with Crippen molar-refractivity contribution in [2.75, 3.05) is 0 Å². The molecule has 0 radical (unpaired) electrons. The van der Waals surface area contributed by atoms with E-state index in [0.717, 1.165) is 5.56 Å². The van der Waals surface area contributed by atoms with Crippen LogP contribution in [0.4, 0.5) is 13.2 Å². The quantitative estimate of drug-likeness (QED) is 0.391. The number of halogens is 4. The molecule has 0 aliphatic carbocycles. The third-order valence-electron chi connectivity index (χ3n) is 4.76. The SMILES string of the molecule is C/C=C(\CC(S)(c1cc(C)cc(Cl)c1)C(F)(F)F)c1ccc(C(C)=O)c(C)c1. The second kappa shape index (κ2) is 8.34. The Balaban J connectivity index is 2.54. The second-order valence-corrected chi connectivity index (χ2v) is 8.15. The van der Waals surface area contributed by atoms with Gasteiger partial charge in [0.05, 0.1) is 0 Å². The van der Waals surface area contributed by atoms with Crippen LogP contribution in [0.25, 0.3) is 5.57 Å². The maximum atomic E-state index is 14.1. The molecule has 0 aliphatic rings. The predicted molar refractivity (Wildman–Crippen MR) is 112 cm³/mol. The predicted octanol–water partition coefficient (Wildman–Crippen LogP) is 7.34. The summed E-state index contributed by atoms with van der Waals surface area (Å²) in [6.07, 6.45) is -3.32. The molecule has 0 bridgehead atoms. The summed E-state index contributed by atoms with van der Waals surface area (Å²) in [5.74, 6) is -0.0840. The first-order valence-corrected chi connectivity index (χ1v) is 9.55. The Morgan fingerprint density at radius 1 is 1.14 bits per heavy atom. The molecular formula is C22H22ClF3OS. The highest BCUT2D eigenvalue weighted by Crippen LogP contribution is 2.50. The molecule has 0 saturated heterocycles. The number of hydrogen-bond acceptors (Lipinski definition) is 2. The van der Waals surface area contributed by atoms with Crippen LogP contribution in [0.5, 0.6) is 0 Å². The molecule has 0 saturated carbocycles. The molecule has 1 unspecified atom stereocenters. The lowest BCUT2D eigenvalue weighted by Gasteiger charge is -2.33. The monoisotopic (exact) mass is 426 g/mol. The number of benzene rings is 2. The maximum Gasteiger partial charge on any atom is 0.407 e. The van der Waals surface area contributed by atoms with E-state index in [2.05, 4.69) is 12.6 Å². The van der Waals surface area contributed by atoms with E-state index < -0.39 is 10.9 Å². The van der Waals surface area contributed by atoms with Crippen LogP contribution in [-0.2, 0) is 4.75 Å². The summed E-state index contributed by atoms with van der Waals surface area (Å²) in [4.78, 5) is 11.6. The normalized spacial score (nSPS) is 14.7. The Kier molecular flexibility index (Phi) is 6.72. The third-order valence-corrected chi connectivity index (χ3v) is 5.65. The molecule has 2 rings (SSSR count). The summed E-state index contributed by atoms with van der Waals surface area (Å²) in [7, 11) is 0. The topological polar surface area (TPSA) is 17.1 Å². The number of hydrogen-bond donors (Lipinski definition) is 1. The van der Waals surface area contributed by atoms with E-state index in [1.54, 1.807) is 51.1 Å². The van der Waals surface area contributed by atoms with Gasteiger partial charge in [0, 0.05) is 17.0 Å². The van der Waals surface area contributed by atoms with E-state index in [1.165, 1.54) is 19.1 Å². The molecule has 0 aliphatic heterocycles. The zero-order valence-corrected chi connectivity index (χ0v) is 17.8. The van der Waals surface area contributed by atoms with Crippen LogP contribution in [0.1, 0.15) is 52.9 Å². The minimum absolute atomic E-state index is 0.00441. The summed E-state index contributed by atoms with van der Waals surface area (Å²) < 4.78 is 40.0. The highest BCUT2D eigenvalue weighted by Gasteiger charge is 2.53. The number of alkyl halides is 3. The van der Waals surface area contributed by atoms with Gasteiger partial charge >= 0.3 is 6.18 Å². The first kappa shape index (κ1) is 22.6. The van der Waals surface area contributed by atoms with Gasteiger partial charge in [-0.05, 0) is 67.7 Å². The Labute approximate surface area is 174 Å². The molecule has 2 aromatic rings. The Morgan fingerprint density at radius 3 is 2.25 bits per heavy atom. The van der Waals surface area contributed by atoms with E-state index in [1.807, 2.05) is 0 Å². The molecule has 28 heavy (non-hydrogen) atoms. The number of carbonyl (C=O) groups is 1. The van der Waals surface area contributed by atoms with Crippen molar-refractivity contribution in [2.45, 2.75) is 45.0 Å². The molecule has 0 fully saturated rings. The van der Waals surface area contributed by atoms with Crippen molar-refractivity contribution in [3.05, 3.63) is 75.3 Å². The molecule has 1 nitrogen and oxygen atoms in total. The van der Waals surface area contributed by atoms with E-state index in [-0.39, 0.29) is 22.8 Å². The first-order chi connectivity index (χ1) is 12.9. The van der Waals surface area contributed by atoms with Crippen LogP contribution in [0.15, 0.2) is 42.5 Å². The molecule has 1 atom stereocenters. The molecule has 0 spiro atoms. The van der Waals surface area contributed by atoms with Gasteiger partial charge in [-0.2, -0.15) is 25.8 Å². The number of thiol groups is 1. The van der Waals surface area contributed by atoms with Crippen LogP contribution >= 0.6 is 24.2 Å². The zero-order valence-electron chi connectivity index (χ0n) is 16.1. The van der Waals surface area contributed by atoms with Crippen molar-refractivity contribution in [1.29, 1.82) is 0 Å². The first-order valence-electron chi connectivity index (χ1n) is 8.73. The molecule has 0 N–H and O–H groups in total. The van der Waals surface area contributed by atoms with Crippen LogP contribution in [0, 0.1) is 13.8 Å². The molecular weight excluding hydrogens is 405 g/mol. The van der Waals surface area contributed by atoms with Crippen molar-refractivity contribution < 1.29 is 18.0 Å². The number of ketones is 1. The average Bonchev–Trinajstić information content (AvgIpc) is 2.57. The van der Waals surface area contributed by atoms with Crippen molar-refractivity contribution in [3.8, 4) is 0 Å². The lowest BCUT2D eigenvalue weighted by Crippen LogP contribution is -2.37. The van der Waals surface area contributed by atoms with Gasteiger partial charge in [-0.1, -0.05) is 41.9 Å². The second-order valence-electron chi connectivity index (χ2n) is 6.95. The standard InChI is InChI=1S/C22H22ClF3OS/c1-5-16(17-6-7-20(15(4)27)14(3)10-17)12-21(28,22(24,25)26)18-8-13(2)9-19(23)11-18/h5-11,28H,12H2,1-4H3/b16-5+. The Morgan fingerprint density at radius 2 is 1.79 bits per heavy atom. The largest absolute Gasteiger partial charge is 0.407 e. The van der Waals surface area contributed by atoms with Gasteiger partial charge in [-0.25, -0.2) is 0 Å². The van der Waals surface area contributed by atoms with Crippen LogP contribution in [0.3, 0.4) is 0 Å². The summed E-state index contributed by atoms with van der Waals surface area (Å²) in [5, 5.41) is 0.237.